The molecule has 0 bridgehead atoms. The molecule has 5 N–H and O–H groups in total. The average molecular weight is 768 g/mol. The van der Waals surface area contributed by atoms with Crippen LogP contribution in [-0.4, -0.2) is 81.4 Å². The van der Waals surface area contributed by atoms with E-state index in [0.29, 0.717) is 64.7 Å². The SMILES string of the molecule is COC(=O)C1=C(C)NC(COCCN)=C(C(=O)O[C@@H](CNC[C@H](O)[C@@H]2CCc3cc(F)ccc3O2)[C@H]2CCc3cc(F)ccc3O2)C1c1ccccc1Cl. The number of nitrogens with one attached hydrogen (secondary N) is 2. The lowest BCUT2D eigenvalue weighted by atomic mass is 9.80. The number of aryl methyl sites for hydroxylation is 2. The van der Waals surface area contributed by atoms with Gasteiger partial charge in [-0.15, -0.1) is 0 Å². The van der Waals surface area contributed by atoms with E-state index in [4.69, 9.17) is 41.0 Å². The van der Waals surface area contributed by atoms with E-state index in [1.165, 1.54) is 31.4 Å². The number of rotatable bonds is 14. The zero-order valence-corrected chi connectivity index (χ0v) is 30.8. The van der Waals surface area contributed by atoms with E-state index in [9.17, 15) is 23.5 Å². The summed E-state index contributed by atoms with van der Waals surface area (Å²) in [4.78, 5) is 28.0. The highest BCUT2D eigenvalue weighted by Crippen LogP contribution is 2.42. The molecule has 3 aromatic rings. The van der Waals surface area contributed by atoms with Crippen molar-refractivity contribution >= 4 is 23.5 Å². The van der Waals surface area contributed by atoms with Crippen LogP contribution in [0.5, 0.6) is 11.5 Å². The summed E-state index contributed by atoms with van der Waals surface area (Å²) >= 11 is 6.72. The Morgan fingerprint density at radius 2 is 1.61 bits per heavy atom. The van der Waals surface area contributed by atoms with E-state index in [1.54, 1.807) is 43.3 Å². The van der Waals surface area contributed by atoms with Crippen LogP contribution in [0.25, 0.3) is 0 Å². The molecule has 288 valence electrons. The summed E-state index contributed by atoms with van der Waals surface area (Å²) in [6, 6.07) is 15.4. The molecule has 5 atom stereocenters. The molecule has 0 aromatic heterocycles. The number of carbonyl (C=O) groups is 2. The molecule has 11 nitrogen and oxygen atoms in total. The van der Waals surface area contributed by atoms with Crippen LogP contribution in [0.1, 0.15) is 42.4 Å². The summed E-state index contributed by atoms with van der Waals surface area (Å²) in [7, 11) is 1.25. The van der Waals surface area contributed by atoms with Crippen LogP contribution in [0, 0.1) is 11.6 Å². The highest BCUT2D eigenvalue weighted by molar-refractivity contribution is 6.31. The van der Waals surface area contributed by atoms with Gasteiger partial charge in [-0.25, -0.2) is 18.4 Å². The molecule has 0 fully saturated rings. The number of nitrogens with two attached hydrogens (primary N) is 1. The number of hydrogen-bond acceptors (Lipinski definition) is 11. The number of ether oxygens (including phenoxy) is 5. The second kappa shape index (κ2) is 17.7. The van der Waals surface area contributed by atoms with Crippen LogP contribution in [0.15, 0.2) is 83.2 Å². The Hall–Kier alpha value is -4.53. The van der Waals surface area contributed by atoms with E-state index in [1.807, 2.05) is 0 Å². The summed E-state index contributed by atoms with van der Waals surface area (Å²) in [5.41, 5.74) is 8.64. The first-order valence-corrected chi connectivity index (χ1v) is 18.3. The third-order valence-electron chi connectivity index (χ3n) is 9.79. The van der Waals surface area contributed by atoms with E-state index in [-0.39, 0.29) is 55.6 Å². The van der Waals surface area contributed by atoms with Crippen molar-refractivity contribution in [2.75, 3.05) is 40.0 Å². The zero-order valence-electron chi connectivity index (χ0n) is 30.0. The van der Waals surface area contributed by atoms with Gasteiger partial charge >= 0.3 is 11.9 Å². The van der Waals surface area contributed by atoms with Crippen LogP contribution in [-0.2, 0) is 36.6 Å². The van der Waals surface area contributed by atoms with E-state index < -0.39 is 42.3 Å². The molecule has 0 saturated heterocycles. The Balaban J connectivity index is 1.29. The number of methoxy groups -OCH3 is 1. The third-order valence-corrected chi connectivity index (χ3v) is 10.1. The summed E-state index contributed by atoms with van der Waals surface area (Å²) in [5.74, 6) is -2.18. The number of aliphatic hydroxyl groups is 1. The largest absolute Gasteiger partial charge is 0.487 e. The Morgan fingerprint density at radius 1 is 0.963 bits per heavy atom. The van der Waals surface area contributed by atoms with Gasteiger partial charge in [-0.1, -0.05) is 29.8 Å². The maximum Gasteiger partial charge on any atom is 0.337 e. The molecule has 0 aliphatic carbocycles. The fourth-order valence-electron chi connectivity index (χ4n) is 7.15. The van der Waals surface area contributed by atoms with Gasteiger partial charge in [0.25, 0.3) is 0 Å². The molecule has 1 unspecified atom stereocenters. The van der Waals surface area contributed by atoms with Crippen molar-refractivity contribution in [3.05, 3.63) is 117 Å². The first-order valence-electron chi connectivity index (χ1n) is 17.9. The van der Waals surface area contributed by atoms with Gasteiger partial charge in [0.15, 0.2) is 6.10 Å². The smallest absolute Gasteiger partial charge is 0.337 e. The molecule has 54 heavy (non-hydrogen) atoms. The van der Waals surface area contributed by atoms with Gasteiger partial charge in [0.05, 0.1) is 43.1 Å². The first-order chi connectivity index (χ1) is 26.1. The van der Waals surface area contributed by atoms with Crippen molar-refractivity contribution in [3.63, 3.8) is 0 Å². The van der Waals surface area contributed by atoms with Gasteiger partial charge in [-0.3, -0.25) is 0 Å². The Labute approximate surface area is 317 Å². The zero-order chi connectivity index (χ0) is 38.4. The summed E-state index contributed by atoms with van der Waals surface area (Å²) in [6.45, 7) is 2.21. The monoisotopic (exact) mass is 767 g/mol. The second-order valence-corrected chi connectivity index (χ2v) is 13.8. The number of benzene rings is 3. The lowest BCUT2D eigenvalue weighted by Crippen LogP contribution is -2.48. The molecule has 3 heterocycles. The standard InChI is InChI=1S/C40H44ClF2N3O8/c1-22-36(39(48)50-2)37(27-5-3-4-6-28(27)41)38(29(46-22)21-51-16-15-44)40(49)54-35(34-12-8-24-18-26(43)10-14-32(24)53-34)20-45-19-30(47)33-11-7-23-17-25(42)9-13-31(23)52-33/h3-6,9-10,13-14,17-18,30,33-35,37,45-47H,7-8,11-12,15-16,19-21,44H2,1-2H3/t30-,33-,34+,35-,37?/m0/s1. The molecule has 3 aliphatic rings. The van der Waals surface area contributed by atoms with Crippen molar-refractivity contribution in [1.29, 1.82) is 0 Å². The molecule has 0 spiro atoms. The van der Waals surface area contributed by atoms with Crippen molar-refractivity contribution in [1.82, 2.24) is 10.6 Å². The average Bonchev–Trinajstić information content (AvgIpc) is 3.16. The third kappa shape index (κ3) is 8.88. The number of dihydropyridines is 1. The number of allylic oxidation sites excluding steroid dienone is 1. The number of esters is 2. The Morgan fingerprint density at radius 3 is 2.26 bits per heavy atom. The predicted octanol–water partition coefficient (Wildman–Crippen LogP) is 4.63. The molecule has 3 aliphatic heterocycles. The van der Waals surface area contributed by atoms with Crippen molar-refractivity contribution in [3.8, 4) is 11.5 Å². The first kappa shape index (κ1) is 39.2. The van der Waals surface area contributed by atoms with Gasteiger partial charge < -0.3 is 45.2 Å². The van der Waals surface area contributed by atoms with Crippen LogP contribution < -0.4 is 25.8 Å². The molecule has 6 rings (SSSR count). The van der Waals surface area contributed by atoms with Crippen molar-refractivity contribution < 1.29 is 47.2 Å². The summed E-state index contributed by atoms with van der Waals surface area (Å²) in [5, 5.41) is 17.8. The van der Waals surface area contributed by atoms with Gasteiger partial charge in [-0.2, -0.15) is 0 Å². The molecular weight excluding hydrogens is 724 g/mol. The van der Waals surface area contributed by atoms with Crippen LogP contribution >= 0.6 is 11.6 Å². The maximum atomic E-state index is 14.7. The Bertz CT molecular complexity index is 1920. The number of carbonyl (C=O) groups excluding carboxylic acids is 2. The van der Waals surface area contributed by atoms with Crippen molar-refractivity contribution in [2.45, 2.75) is 62.9 Å². The van der Waals surface area contributed by atoms with E-state index in [0.717, 1.165) is 5.56 Å². The van der Waals surface area contributed by atoms with E-state index in [2.05, 4.69) is 10.6 Å². The number of halogens is 3. The molecular formula is C40H44ClF2N3O8. The van der Waals surface area contributed by atoms with E-state index >= 15 is 0 Å². The highest BCUT2D eigenvalue weighted by atomic mass is 35.5. The fraction of sp³-hybridized carbons (Fsp3) is 0.400. The van der Waals surface area contributed by atoms with Gasteiger partial charge in [-0.05, 0) is 91.8 Å². The minimum Gasteiger partial charge on any atom is -0.487 e. The Kier molecular flexibility index (Phi) is 12.9. The van der Waals surface area contributed by atoms with Crippen molar-refractivity contribution in [2.24, 2.45) is 5.73 Å². The number of fused-ring (bicyclic) bond motifs is 2. The van der Waals surface area contributed by atoms with Crippen LogP contribution in [0.4, 0.5) is 8.78 Å². The summed E-state index contributed by atoms with van der Waals surface area (Å²) < 4.78 is 57.4. The highest BCUT2D eigenvalue weighted by Gasteiger charge is 2.42. The molecule has 0 radical (unpaired) electrons. The molecule has 14 heteroatoms. The quantitative estimate of drug-likeness (QED) is 0.134. The minimum atomic E-state index is -0.998. The van der Waals surface area contributed by atoms with Crippen LogP contribution in [0.3, 0.4) is 0 Å². The van der Waals surface area contributed by atoms with Crippen LogP contribution in [0.2, 0.25) is 5.02 Å². The predicted molar refractivity (Wildman–Crippen MR) is 196 cm³/mol. The topological polar surface area (TPSA) is 151 Å². The number of aliphatic hydroxyl groups excluding tert-OH is 1. The van der Waals surface area contributed by atoms with Gasteiger partial charge in [0, 0.05) is 30.4 Å². The number of hydrogen-bond donors (Lipinski definition) is 4. The minimum absolute atomic E-state index is 0.0493. The second-order valence-electron chi connectivity index (χ2n) is 13.4. The normalized spacial score (nSPS) is 20.5. The molecule has 0 saturated carbocycles. The van der Waals surface area contributed by atoms with Gasteiger partial charge in [0.2, 0.25) is 0 Å². The summed E-state index contributed by atoms with van der Waals surface area (Å²) in [6.07, 6.45) is -1.24. The molecule has 3 aromatic carbocycles. The fourth-order valence-corrected chi connectivity index (χ4v) is 7.40. The van der Waals surface area contributed by atoms with Gasteiger partial charge in [0.1, 0.15) is 41.4 Å². The maximum absolute atomic E-state index is 14.7. The molecule has 0 amide bonds. The lowest BCUT2D eigenvalue weighted by molar-refractivity contribution is -0.150. The lowest BCUT2D eigenvalue weighted by Gasteiger charge is -2.35.